The van der Waals surface area contributed by atoms with Crippen LogP contribution < -0.4 is 0 Å². The third-order valence-electron chi connectivity index (χ3n) is 3.60. The normalized spacial score (nSPS) is 15.0. The minimum atomic E-state index is -3.28. The van der Waals surface area contributed by atoms with Gasteiger partial charge in [0, 0.05) is 17.1 Å². The lowest BCUT2D eigenvalue weighted by atomic mass is 10.1. The maximum Gasteiger partial charge on any atom is 0.356 e. The predicted molar refractivity (Wildman–Crippen MR) is 83.5 cm³/mol. The highest BCUT2D eigenvalue weighted by atomic mass is 79.9. The summed E-state index contributed by atoms with van der Waals surface area (Å²) in [5.41, 5.74) is 1.25. The monoisotopic (exact) mass is 384 g/mol. The van der Waals surface area contributed by atoms with Crippen LogP contribution in [0.3, 0.4) is 0 Å². The van der Waals surface area contributed by atoms with Gasteiger partial charge in [0.15, 0.2) is 15.5 Å². The van der Waals surface area contributed by atoms with E-state index in [0.29, 0.717) is 28.6 Å². The molecule has 0 unspecified atom stereocenters. The molecule has 0 radical (unpaired) electrons. The lowest BCUT2D eigenvalue weighted by Crippen LogP contribution is -2.08. The molecule has 116 valence electrons. The Morgan fingerprint density at radius 2 is 2.05 bits per heavy atom. The van der Waals surface area contributed by atoms with E-state index in [2.05, 4.69) is 21.0 Å². The topological polar surface area (TPSA) is 89.3 Å². The largest absolute Gasteiger partial charge is 0.476 e. The van der Waals surface area contributed by atoms with Gasteiger partial charge in [-0.3, -0.25) is 4.68 Å². The number of aryl methyl sites for hydroxylation is 1. The number of nitrogens with zero attached hydrogens (tertiary/aromatic N) is 2. The van der Waals surface area contributed by atoms with Gasteiger partial charge in [0.1, 0.15) is 0 Å². The fraction of sp³-hybridized carbons (Fsp3) is 0.286. The Morgan fingerprint density at radius 1 is 1.36 bits per heavy atom. The van der Waals surface area contributed by atoms with Crippen LogP contribution in [0.2, 0.25) is 0 Å². The Hall–Kier alpha value is -1.67. The summed E-state index contributed by atoms with van der Waals surface area (Å²) in [4.78, 5) is 11.2. The van der Waals surface area contributed by atoms with Crippen LogP contribution in [0.4, 0.5) is 0 Å². The van der Waals surface area contributed by atoms with Crippen LogP contribution in [0.15, 0.2) is 33.6 Å². The van der Waals surface area contributed by atoms with Gasteiger partial charge in [-0.1, -0.05) is 6.07 Å². The van der Waals surface area contributed by atoms with Crippen molar-refractivity contribution >= 4 is 31.7 Å². The molecule has 1 aromatic carbocycles. The molecule has 8 heteroatoms. The molecule has 22 heavy (non-hydrogen) atoms. The molecule has 1 heterocycles. The smallest absolute Gasteiger partial charge is 0.356 e. The first-order valence-corrected chi connectivity index (χ1v) is 8.96. The summed E-state index contributed by atoms with van der Waals surface area (Å²) in [6, 6.07) is 6.36. The van der Waals surface area contributed by atoms with E-state index < -0.39 is 15.8 Å². The van der Waals surface area contributed by atoms with E-state index in [1.807, 2.05) is 0 Å². The lowest BCUT2D eigenvalue weighted by Gasteiger charge is -2.08. The Morgan fingerprint density at radius 3 is 2.55 bits per heavy atom. The molecule has 0 spiro atoms. The number of aromatic nitrogens is 2. The van der Waals surface area contributed by atoms with Gasteiger partial charge in [-0.25, -0.2) is 13.2 Å². The number of hydrogen-bond acceptors (Lipinski definition) is 4. The SMILES string of the molecule is Cn1nc(C(=O)O)cc1-c1ccc(S(=O)(=O)C2CC2)c(Br)c1. The summed E-state index contributed by atoms with van der Waals surface area (Å²) < 4.78 is 26.5. The zero-order valence-electron chi connectivity index (χ0n) is 11.7. The van der Waals surface area contributed by atoms with Crippen LogP contribution >= 0.6 is 15.9 Å². The van der Waals surface area contributed by atoms with E-state index in [0.717, 1.165) is 0 Å². The zero-order chi connectivity index (χ0) is 16.1. The average Bonchev–Trinajstić information content (AvgIpc) is 3.22. The van der Waals surface area contributed by atoms with Gasteiger partial charge in [-0.15, -0.1) is 0 Å². The maximum atomic E-state index is 12.3. The summed E-state index contributed by atoms with van der Waals surface area (Å²) >= 11 is 3.31. The lowest BCUT2D eigenvalue weighted by molar-refractivity contribution is 0.0689. The average molecular weight is 385 g/mol. The number of halogens is 1. The van der Waals surface area contributed by atoms with Crippen molar-refractivity contribution < 1.29 is 18.3 Å². The molecule has 1 N–H and O–H groups in total. The van der Waals surface area contributed by atoms with Gasteiger partial charge in [-0.05, 0) is 47.0 Å². The molecule has 1 saturated carbocycles. The molecule has 1 fully saturated rings. The van der Waals surface area contributed by atoms with E-state index in [-0.39, 0.29) is 15.8 Å². The Kier molecular flexibility index (Phi) is 3.60. The van der Waals surface area contributed by atoms with Gasteiger partial charge in [0.25, 0.3) is 0 Å². The molecule has 3 rings (SSSR count). The number of aromatic carboxylic acids is 1. The van der Waals surface area contributed by atoms with Crippen molar-refractivity contribution in [2.75, 3.05) is 0 Å². The van der Waals surface area contributed by atoms with Gasteiger partial charge in [0.2, 0.25) is 0 Å². The third kappa shape index (κ3) is 2.56. The molecule has 1 aromatic heterocycles. The summed E-state index contributed by atoms with van der Waals surface area (Å²) in [6.07, 6.45) is 1.42. The van der Waals surface area contributed by atoms with E-state index in [9.17, 15) is 13.2 Å². The first kappa shape index (κ1) is 15.2. The van der Waals surface area contributed by atoms with Crippen molar-refractivity contribution in [3.63, 3.8) is 0 Å². The van der Waals surface area contributed by atoms with Crippen molar-refractivity contribution in [2.24, 2.45) is 7.05 Å². The van der Waals surface area contributed by atoms with Gasteiger partial charge in [-0.2, -0.15) is 5.10 Å². The summed E-state index contributed by atoms with van der Waals surface area (Å²) in [5, 5.41) is 12.6. The van der Waals surface area contributed by atoms with Crippen LogP contribution in [0, 0.1) is 0 Å². The first-order valence-electron chi connectivity index (χ1n) is 6.62. The summed E-state index contributed by atoms with van der Waals surface area (Å²) in [6.45, 7) is 0. The number of hydrogen-bond donors (Lipinski definition) is 1. The maximum absolute atomic E-state index is 12.3. The fourth-order valence-corrected chi connectivity index (χ4v) is 5.05. The fourth-order valence-electron chi connectivity index (χ4n) is 2.29. The van der Waals surface area contributed by atoms with Crippen LogP contribution in [-0.2, 0) is 16.9 Å². The molecule has 0 bridgehead atoms. The molecular formula is C14H13BrN2O4S. The van der Waals surface area contributed by atoms with Gasteiger partial charge in [0.05, 0.1) is 15.8 Å². The highest BCUT2D eigenvalue weighted by Crippen LogP contribution is 2.37. The molecule has 0 aliphatic heterocycles. The molecule has 1 aliphatic rings. The van der Waals surface area contributed by atoms with Crippen LogP contribution in [0.25, 0.3) is 11.3 Å². The standard InChI is InChI=1S/C14H13BrN2O4S/c1-17-12(7-11(16-17)14(18)19)8-2-5-13(10(15)6-8)22(20,21)9-3-4-9/h2,5-7,9H,3-4H2,1H3,(H,18,19). The summed E-state index contributed by atoms with van der Waals surface area (Å²) in [5.74, 6) is -1.10. The molecule has 0 amide bonds. The number of carbonyl (C=O) groups is 1. The second kappa shape index (κ2) is 5.20. The number of carboxylic acids is 1. The van der Waals surface area contributed by atoms with Gasteiger partial charge >= 0.3 is 5.97 Å². The highest BCUT2D eigenvalue weighted by molar-refractivity contribution is 9.10. The zero-order valence-corrected chi connectivity index (χ0v) is 14.1. The second-order valence-electron chi connectivity index (χ2n) is 5.23. The molecule has 0 saturated heterocycles. The van der Waals surface area contributed by atoms with Crippen molar-refractivity contribution in [1.29, 1.82) is 0 Å². The minimum absolute atomic E-state index is 0.0525. The number of sulfone groups is 1. The minimum Gasteiger partial charge on any atom is -0.476 e. The van der Waals surface area contributed by atoms with E-state index >= 15 is 0 Å². The number of rotatable bonds is 4. The highest BCUT2D eigenvalue weighted by Gasteiger charge is 2.37. The van der Waals surface area contributed by atoms with Crippen LogP contribution in [-0.4, -0.2) is 34.5 Å². The second-order valence-corrected chi connectivity index (χ2v) is 8.28. The summed E-state index contributed by atoms with van der Waals surface area (Å²) in [7, 11) is -1.63. The van der Waals surface area contributed by atoms with Crippen LogP contribution in [0.1, 0.15) is 23.3 Å². The van der Waals surface area contributed by atoms with E-state index in [1.165, 1.54) is 10.7 Å². The number of carboxylic acid groups (broad SMARTS) is 1. The Labute approximate surface area is 135 Å². The Bertz CT molecular complexity index is 869. The molecule has 2 aromatic rings. The quantitative estimate of drug-likeness (QED) is 0.874. The van der Waals surface area contributed by atoms with Crippen LogP contribution in [0.5, 0.6) is 0 Å². The van der Waals surface area contributed by atoms with Crippen molar-refractivity contribution in [1.82, 2.24) is 9.78 Å². The third-order valence-corrected chi connectivity index (χ3v) is 6.83. The van der Waals surface area contributed by atoms with Crippen molar-refractivity contribution in [3.05, 3.63) is 34.4 Å². The molecule has 6 nitrogen and oxygen atoms in total. The molecule has 0 atom stereocenters. The van der Waals surface area contributed by atoms with Crippen molar-refractivity contribution in [2.45, 2.75) is 23.0 Å². The molecule has 1 aliphatic carbocycles. The van der Waals surface area contributed by atoms with E-state index in [4.69, 9.17) is 5.11 Å². The Balaban J connectivity index is 2.04. The first-order chi connectivity index (χ1) is 10.3. The van der Waals surface area contributed by atoms with Gasteiger partial charge < -0.3 is 5.11 Å². The van der Waals surface area contributed by atoms with E-state index in [1.54, 1.807) is 25.2 Å². The van der Waals surface area contributed by atoms with Crippen molar-refractivity contribution in [3.8, 4) is 11.3 Å². The molecular weight excluding hydrogens is 372 g/mol. The number of benzene rings is 1. The predicted octanol–water partition coefficient (Wildman–Crippen LogP) is 2.48.